The molecule has 2 aromatic carbocycles. The molecule has 0 saturated heterocycles. The Morgan fingerprint density at radius 1 is 1.21 bits per heavy atom. The van der Waals surface area contributed by atoms with Gasteiger partial charge in [0.2, 0.25) is 11.8 Å². The first-order valence-corrected chi connectivity index (χ1v) is 9.01. The van der Waals surface area contributed by atoms with E-state index in [1.807, 2.05) is 24.3 Å². The predicted molar refractivity (Wildman–Crippen MR) is 107 cm³/mol. The third-order valence-corrected chi connectivity index (χ3v) is 4.73. The second-order valence-corrected chi connectivity index (χ2v) is 6.79. The average molecular weight is 397 g/mol. The second kappa shape index (κ2) is 7.36. The highest BCUT2D eigenvalue weighted by Crippen LogP contribution is 2.31. The van der Waals surface area contributed by atoms with Gasteiger partial charge in [-0.05, 0) is 48.5 Å². The van der Waals surface area contributed by atoms with Crippen LogP contribution in [0.5, 0.6) is 5.75 Å². The Labute approximate surface area is 166 Å². The Morgan fingerprint density at radius 3 is 2.61 bits per heavy atom. The van der Waals surface area contributed by atoms with Crippen LogP contribution >= 0.6 is 11.6 Å². The lowest BCUT2D eigenvalue weighted by Gasteiger charge is -2.23. The number of carbonyl (C=O) groups is 2. The van der Waals surface area contributed by atoms with Gasteiger partial charge >= 0.3 is 0 Å². The van der Waals surface area contributed by atoms with Crippen molar-refractivity contribution in [2.24, 2.45) is 0 Å². The van der Waals surface area contributed by atoms with Gasteiger partial charge in [0.1, 0.15) is 17.6 Å². The molecular weight excluding hydrogens is 380 g/mol. The molecule has 0 radical (unpaired) electrons. The summed E-state index contributed by atoms with van der Waals surface area (Å²) >= 11 is 5.88. The van der Waals surface area contributed by atoms with Gasteiger partial charge in [0.15, 0.2) is 0 Å². The number of hydrogen-bond donors (Lipinski definition) is 2. The van der Waals surface area contributed by atoms with Crippen molar-refractivity contribution in [3.05, 3.63) is 59.6 Å². The van der Waals surface area contributed by atoms with Gasteiger partial charge < -0.3 is 15.4 Å². The summed E-state index contributed by atoms with van der Waals surface area (Å²) in [5.41, 5.74) is 2.11. The van der Waals surface area contributed by atoms with E-state index >= 15 is 0 Å². The fraction of sp³-hybridized carbons (Fsp3) is 0.150. The Kier molecular flexibility index (Phi) is 4.75. The molecule has 142 valence electrons. The topological polar surface area (TPSA) is 85.2 Å². The minimum absolute atomic E-state index is 0.0101. The monoisotopic (exact) mass is 396 g/mol. The van der Waals surface area contributed by atoms with Crippen LogP contribution in [-0.2, 0) is 9.59 Å². The van der Waals surface area contributed by atoms with Crippen LogP contribution < -0.4 is 15.4 Å². The first-order chi connectivity index (χ1) is 13.5. The number of nitrogens with zero attached hydrogens (tertiary/aromatic N) is 2. The zero-order valence-electron chi connectivity index (χ0n) is 15.0. The summed E-state index contributed by atoms with van der Waals surface area (Å²) in [7, 11) is 1.60. The number of halogens is 1. The van der Waals surface area contributed by atoms with Crippen LogP contribution in [0.3, 0.4) is 0 Å². The van der Waals surface area contributed by atoms with Crippen LogP contribution in [0.2, 0.25) is 5.02 Å². The number of rotatable bonds is 4. The van der Waals surface area contributed by atoms with E-state index in [1.54, 1.807) is 42.1 Å². The van der Waals surface area contributed by atoms with Gasteiger partial charge in [-0.3, -0.25) is 9.59 Å². The molecule has 0 aliphatic carbocycles. The van der Waals surface area contributed by atoms with Crippen molar-refractivity contribution >= 4 is 34.9 Å². The van der Waals surface area contributed by atoms with Crippen LogP contribution in [-0.4, -0.2) is 28.7 Å². The molecule has 7 nitrogen and oxygen atoms in total. The zero-order valence-corrected chi connectivity index (χ0v) is 15.7. The molecule has 28 heavy (non-hydrogen) atoms. The van der Waals surface area contributed by atoms with Gasteiger partial charge in [0.05, 0.1) is 19.2 Å². The Hall–Kier alpha value is -3.32. The quantitative estimate of drug-likeness (QED) is 0.703. The van der Waals surface area contributed by atoms with Crippen molar-refractivity contribution in [2.45, 2.75) is 12.5 Å². The van der Waals surface area contributed by atoms with E-state index in [-0.39, 0.29) is 18.2 Å². The summed E-state index contributed by atoms with van der Waals surface area (Å²) in [5, 5.41) is 10.7. The number of ether oxygens (including phenoxy) is 1. The maximum Gasteiger partial charge on any atom is 0.249 e. The molecule has 2 N–H and O–H groups in total. The fourth-order valence-corrected chi connectivity index (χ4v) is 3.17. The van der Waals surface area contributed by atoms with Gasteiger partial charge in [0.25, 0.3) is 0 Å². The highest BCUT2D eigenvalue weighted by molar-refractivity contribution is 6.30. The normalized spacial score (nSPS) is 15.5. The molecule has 0 unspecified atom stereocenters. The molecular formula is C20H17ClN4O3. The number of fused-ring (bicyclic) bond motifs is 1. The number of nitrogens with one attached hydrogen (secondary N) is 2. The van der Waals surface area contributed by atoms with Crippen LogP contribution in [0.15, 0.2) is 54.6 Å². The highest BCUT2D eigenvalue weighted by atomic mass is 35.5. The van der Waals surface area contributed by atoms with E-state index in [9.17, 15) is 9.59 Å². The predicted octanol–water partition coefficient (Wildman–Crippen LogP) is 3.73. The van der Waals surface area contributed by atoms with Crippen LogP contribution in [0.25, 0.3) is 11.3 Å². The summed E-state index contributed by atoms with van der Waals surface area (Å²) in [6.07, 6.45) is 0.0101. The van der Waals surface area contributed by atoms with Crippen LogP contribution in [0.1, 0.15) is 12.5 Å². The molecule has 2 amide bonds. The average Bonchev–Trinajstić information content (AvgIpc) is 3.13. The SMILES string of the molecule is COc1ccc(-c2cc3n(n2)[C@@H](C(=O)Nc2ccc(Cl)cc2)CC(=O)N3)cc1. The maximum absolute atomic E-state index is 12.8. The van der Waals surface area contributed by atoms with Gasteiger partial charge in [-0.1, -0.05) is 11.6 Å². The molecule has 1 atom stereocenters. The van der Waals surface area contributed by atoms with E-state index in [1.165, 1.54) is 0 Å². The Morgan fingerprint density at radius 2 is 1.93 bits per heavy atom. The van der Waals surface area contributed by atoms with Crippen molar-refractivity contribution in [2.75, 3.05) is 17.7 Å². The lowest BCUT2D eigenvalue weighted by Crippen LogP contribution is -2.35. The first kappa shape index (κ1) is 18.1. The maximum atomic E-state index is 12.8. The van der Waals surface area contributed by atoms with Crippen LogP contribution in [0, 0.1) is 0 Å². The van der Waals surface area contributed by atoms with Crippen molar-refractivity contribution in [3.63, 3.8) is 0 Å². The lowest BCUT2D eigenvalue weighted by atomic mass is 10.1. The lowest BCUT2D eigenvalue weighted by molar-refractivity contribution is -0.125. The number of benzene rings is 2. The van der Waals surface area contributed by atoms with Crippen molar-refractivity contribution < 1.29 is 14.3 Å². The van der Waals surface area contributed by atoms with Gasteiger partial charge in [0, 0.05) is 22.3 Å². The summed E-state index contributed by atoms with van der Waals surface area (Å²) in [6, 6.07) is 15.2. The molecule has 0 bridgehead atoms. The second-order valence-electron chi connectivity index (χ2n) is 6.35. The molecule has 0 saturated carbocycles. The summed E-state index contributed by atoms with van der Waals surface area (Å²) < 4.78 is 6.72. The molecule has 1 aliphatic heterocycles. The number of carbonyl (C=O) groups excluding carboxylic acids is 2. The molecule has 0 fully saturated rings. The summed E-state index contributed by atoms with van der Waals surface area (Å²) in [4.78, 5) is 24.9. The van der Waals surface area contributed by atoms with Crippen LogP contribution in [0.4, 0.5) is 11.5 Å². The molecule has 1 aliphatic rings. The Bertz CT molecular complexity index is 1030. The highest BCUT2D eigenvalue weighted by Gasteiger charge is 2.32. The van der Waals surface area contributed by atoms with E-state index < -0.39 is 6.04 Å². The van der Waals surface area contributed by atoms with Crippen molar-refractivity contribution in [1.29, 1.82) is 0 Å². The van der Waals surface area contributed by atoms with E-state index in [0.717, 1.165) is 11.3 Å². The number of hydrogen-bond acceptors (Lipinski definition) is 4. The minimum atomic E-state index is -0.744. The van der Waals surface area contributed by atoms with Crippen molar-refractivity contribution in [3.8, 4) is 17.0 Å². The molecule has 1 aromatic heterocycles. The molecule has 8 heteroatoms. The van der Waals surface area contributed by atoms with E-state index in [2.05, 4.69) is 15.7 Å². The fourth-order valence-electron chi connectivity index (χ4n) is 3.05. The summed E-state index contributed by atoms with van der Waals surface area (Å²) in [5.74, 6) is 0.673. The molecule has 0 spiro atoms. The summed E-state index contributed by atoms with van der Waals surface area (Å²) in [6.45, 7) is 0. The molecule has 4 rings (SSSR count). The first-order valence-electron chi connectivity index (χ1n) is 8.64. The largest absolute Gasteiger partial charge is 0.497 e. The number of amides is 2. The van der Waals surface area contributed by atoms with Crippen molar-refractivity contribution in [1.82, 2.24) is 9.78 Å². The standard InChI is InChI=1S/C20H17ClN4O3/c1-28-15-8-2-12(3-9-15)16-10-18-23-19(26)11-17(25(18)24-16)20(27)22-14-6-4-13(21)5-7-14/h2-10,17H,11H2,1H3,(H,22,27)(H,23,26)/t17-/m1/s1. The number of aromatic nitrogens is 2. The minimum Gasteiger partial charge on any atom is -0.497 e. The third-order valence-electron chi connectivity index (χ3n) is 4.48. The molecule has 3 aromatic rings. The third kappa shape index (κ3) is 3.57. The van der Waals surface area contributed by atoms with Gasteiger partial charge in [-0.15, -0.1) is 0 Å². The number of methoxy groups -OCH3 is 1. The van der Waals surface area contributed by atoms with Gasteiger partial charge in [-0.25, -0.2) is 4.68 Å². The van der Waals surface area contributed by atoms with E-state index in [0.29, 0.717) is 22.2 Å². The van der Waals surface area contributed by atoms with Gasteiger partial charge in [-0.2, -0.15) is 5.10 Å². The van der Waals surface area contributed by atoms with E-state index in [4.69, 9.17) is 16.3 Å². The number of anilines is 2. The zero-order chi connectivity index (χ0) is 19.7. The molecule has 2 heterocycles. The Balaban J connectivity index is 1.62. The smallest absolute Gasteiger partial charge is 0.249 e.